The third-order valence-corrected chi connectivity index (χ3v) is 9.02. The number of methoxy groups -OCH3 is 1. The topological polar surface area (TPSA) is 106 Å². The molecule has 3 rings (SSSR count). The van der Waals surface area contributed by atoms with Crippen molar-refractivity contribution in [1.29, 1.82) is 0 Å². The van der Waals surface area contributed by atoms with E-state index >= 15 is 0 Å². The molecular formula is C28H38F3NO6S. The largest absolute Gasteiger partial charge is 0.473 e. The van der Waals surface area contributed by atoms with Crippen molar-refractivity contribution in [2.75, 3.05) is 7.11 Å². The minimum Gasteiger partial charge on any atom is -0.473 e. The highest BCUT2D eigenvalue weighted by Crippen LogP contribution is 2.52. The number of carbonyl (C=O) groups excluding carboxylic acids is 2. The van der Waals surface area contributed by atoms with E-state index in [4.69, 9.17) is 9.47 Å². The smallest absolute Gasteiger partial charge is 0.412 e. The van der Waals surface area contributed by atoms with Crippen molar-refractivity contribution in [2.24, 2.45) is 29.1 Å². The molecule has 1 aromatic heterocycles. The number of ketones is 1. The van der Waals surface area contributed by atoms with Crippen molar-refractivity contribution in [1.82, 2.24) is 4.98 Å². The molecule has 0 radical (unpaired) electrons. The average Bonchev–Trinajstić information content (AvgIpc) is 3.49. The van der Waals surface area contributed by atoms with Crippen molar-refractivity contribution >= 4 is 29.2 Å². The summed E-state index contributed by atoms with van der Waals surface area (Å²) in [5, 5.41) is 23.9. The highest BCUT2D eigenvalue weighted by atomic mass is 32.1. The van der Waals surface area contributed by atoms with Crippen LogP contribution in [0.1, 0.15) is 66.0 Å². The molecule has 2 heterocycles. The standard InChI is InChI=1S/C28H38F3NO6S/c1-14(9-19-13-39-26(32-19)37-6)21-8-7-18(28(29,30)31)10-17-11-20(17)15(2)24(35)16(3)25(36)27(4,5)22(33)12-23(34)38-21/h7,9,13,15-17,20-22,24,33,35H,8,10-12H2,1-6H3/b14-9+,18-7+/t15-,16+,17?,20?,21-,22-,24-/m0/s1. The lowest BCUT2D eigenvalue weighted by Gasteiger charge is -2.34. The quantitative estimate of drug-likeness (QED) is 0.370. The van der Waals surface area contributed by atoms with Gasteiger partial charge in [-0.15, -0.1) is 0 Å². The zero-order chi connectivity index (χ0) is 29.3. The van der Waals surface area contributed by atoms with Gasteiger partial charge >= 0.3 is 12.1 Å². The number of aliphatic hydroxyl groups is 2. The molecule has 1 fully saturated rings. The number of thiazole rings is 1. The number of aliphatic hydroxyl groups excluding tert-OH is 2. The summed E-state index contributed by atoms with van der Waals surface area (Å²) in [5.74, 6) is -2.99. The minimum absolute atomic E-state index is 0.156. The van der Waals surface area contributed by atoms with Gasteiger partial charge in [-0.05, 0) is 49.2 Å². The normalized spacial score (nSPS) is 34.5. The van der Waals surface area contributed by atoms with Crippen molar-refractivity contribution in [2.45, 2.75) is 84.8 Å². The van der Waals surface area contributed by atoms with Crippen LogP contribution in [0.5, 0.6) is 5.19 Å². The molecule has 1 aromatic rings. The van der Waals surface area contributed by atoms with Gasteiger partial charge in [0.1, 0.15) is 11.9 Å². The Morgan fingerprint density at radius 3 is 2.49 bits per heavy atom. The number of allylic oxidation sites excluding steroid dienone is 1. The highest BCUT2D eigenvalue weighted by molar-refractivity contribution is 7.11. The Bertz CT molecular complexity index is 1110. The molecule has 1 aliphatic heterocycles. The van der Waals surface area contributed by atoms with E-state index in [9.17, 15) is 33.0 Å². The number of rotatable bonds is 3. The van der Waals surface area contributed by atoms with Crippen LogP contribution < -0.4 is 4.74 Å². The molecule has 7 nitrogen and oxygen atoms in total. The van der Waals surface area contributed by atoms with Gasteiger partial charge in [0.15, 0.2) is 0 Å². The molecule has 1 aliphatic carbocycles. The Kier molecular flexibility index (Phi) is 9.71. The van der Waals surface area contributed by atoms with Gasteiger partial charge in [0, 0.05) is 23.3 Å². The average molecular weight is 574 g/mol. The molecule has 11 heteroatoms. The van der Waals surface area contributed by atoms with E-state index in [1.807, 2.05) is 0 Å². The molecule has 2 N–H and O–H groups in total. The minimum atomic E-state index is -4.57. The lowest BCUT2D eigenvalue weighted by atomic mass is 9.72. The maximum absolute atomic E-state index is 14.0. The van der Waals surface area contributed by atoms with Crippen LogP contribution in [-0.2, 0) is 14.3 Å². The zero-order valence-corrected chi connectivity index (χ0v) is 23.9. The number of esters is 1. The van der Waals surface area contributed by atoms with Gasteiger partial charge in [-0.3, -0.25) is 9.59 Å². The number of halogens is 3. The summed E-state index contributed by atoms with van der Waals surface area (Å²) < 4.78 is 52.7. The first-order chi connectivity index (χ1) is 18.1. The van der Waals surface area contributed by atoms with E-state index in [2.05, 4.69) is 4.98 Å². The predicted octanol–water partition coefficient (Wildman–Crippen LogP) is 5.36. The SMILES string of the molecule is COc1nc(/C=C(\C)[C@@H]2C/C=C(/C(F)(F)F)CC3CC3[C@H](C)[C@H](O)[C@@H](C)C(=O)C(C)(C)[C@@H](O)CC(=O)O2)cs1. The number of Topliss-reactive ketones (excluding diaryl/α,β-unsaturated/α-hetero) is 1. The van der Waals surface area contributed by atoms with Gasteiger partial charge in [-0.2, -0.15) is 13.2 Å². The molecule has 39 heavy (non-hydrogen) atoms. The Hall–Kier alpha value is -2.24. The van der Waals surface area contributed by atoms with Crippen LogP contribution in [0.15, 0.2) is 22.6 Å². The second-order valence-corrected chi connectivity index (χ2v) is 12.2. The summed E-state index contributed by atoms with van der Waals surface area (Å²) >= 11 is 1.25. The zero-order valence-electron chi connectivity index (χ0n) is 23.1. The monoisotopic (exact) mass is 573 g/mol. The summed E-state index contributed by atoms with van der Waals surface area (Å²) in [4.78, 5) is 30.4. The summed E-state index contributed by atoms with van der Waals surface area (Å²) in [5.41, 5.74) is -1.10. The molecule has 0 aromatic carbocycles. The van der Waals surface area contributed by atoms with E-state index in [0.717, 1.165) is 6.08 Å². The number of hydrogen-bond acceptors (Lipinski definition) is 8. The first-order valence-electron chi connectivity index (χ1n) is 13.1. The summed E-state index contributed by atoms with van der Waals surface area (Å²) in [7, 11) is 1.47. The van der Waals surface area contributed by atoms with E-state index in [1.54, 1.807) is 32.2 Å². The molecule has 0 saturated heterocycles. The number of carbonyl (C=O) groups is 2. The third-order valence-electron chi connectivity index (χ3n) is 8.20. The lowest BCUT2D eigenvalue weighted by Crippen LogP contribution is -2.46. The molecule has 2 unspecified atom stereocenters. The maximum Gasteiger partial charge on any atom is 0.412 e. The Morgan fingerprint density at radius 1 is 1.23 bits per heavy atom. The first kappa shape index (κ1) is 31.3. The fraction of sp³-hybridized carbons (Fsp3) is 0.679. The number of cyclic esters (lactones) is 1. The Morgan fingerprint density at radius 2 is 1.90 bits per heavy atom. The molecule has 2 aliphatic rings. The van der Waals surface area contributed by atoms with E-state index in [0.29, 0.717) is 22.9 Å². The van der Waals surface area contributed by atoms with Crippen molar-refractivity contribution in [3.05, 3.63) is 28.3 Å². The molecule has 0 amide bonds. The van der Waals surface area contributed by atoms with Crippen LogP contribution in [0.2, 0.25) is 0 Å². The van der Waals surface area contributed by atoms with Crippen LogP contribution in [-0.4, -0.2) is 58.5 Å². The van der Waals surface area contributed by atoms with Gasteiger partial charge in [0.2, 0.25) is 0 Å². The van der Waals surface area contributed by atoms with Crippen molar-refractivity contribution < 1.29 is 42.4 Å². The Labute approximate surface area is 231 Å². The van der Waals surface area contributed by atoms with Gasteiger partial charge in [-0.25, -0.2) is 4.98 Å². The second-order valence-electron chi connectivity index (χ2n) is 11.4. The summed E-state index contributed by atoms with van der Waals surface area (Å²) in [6.45, 7) is 7.96. The van der Waals surface area contributed by atoms with Crippen molar-refractivity contribution in [3.8, 4) is 5.19 Å². The van der Waals surface area contributed by atoms with Crippen molar-refractivity contribution in [3.63, 3.8) is 0 Å². The molecule has 0 spiro atoms. The number of aromatic nitrogens is 1. The fourth-order valence-corrected chi connectivity index (χ4v) is 5.91. The highest BCUT2D eigenvalue weighted by Gasteiger charge is 2.49. The van der Waals surface area contributed by atoms with Crippen LogP contribution >= 0.6 is 11.3 Å². The van der Waals surface area contributed by atoms with Crippen LogP contribution in [0.3, 0.4) is 0 Å². The summed E-state index contributed by atoms with van der Waals surface area (Å²) in [6.07, 6.45) is -5.90. The molecule has 1 saturated carbocycles. The fourth-order valence-electron chi connectivity index (χ4n) is 5.31. The number of hydrogen-bond donors (Lipinski definition) is 2. The number of alkyl halides is 3. The maximum atomic E-state index is 14.0. The Balaban J connectivity index is 1.98. The van der Waals surface area contributed by atoms with E-state index in [-0.39, 0.29) is 24.7 Å². The summed E-state index contributed by atoms with van der Waals surface area (Å²) in [6, 6.07) is 0. The number of nitrogens with zero attached hydrogens (tertiary/aromatic N) is 1. The van der Waals surface area contributed by atoms with Gasteiger partial charge in [0.05, 0.1) is 36.8 Å². The lowest BCUT2D eigenvalue weighted by molar-refractivity contribution is -0.154. The molecule has 0 bridgehead atoms. The van der Waals surface area contributed by atoms with Gasteiger partial charge in [-0.1, -0.05) is 45.1 Å². The molecule has 218 valence electrons. The number of ether oxygens (including phenoxy) is 2. The van der Waals surface area contributed by atoms with Crippen LogP contribution in [0, 0.1) is 29.1 Å². The third kappa shape index (κ3) is 7.49. The van der Waals surface area contributed by atoms with E-state index in [1.165, 1.54) is 32.3 Å². The van der Waals surface area contributed by atoms with Gasteiger partial charge < -0.3 is 19.7 Å². The predicted molar refractivity (Wildman–Crippen MR) is 141 cm³/mol. The number of fused-ring (bicyclic) bond motifs is 1. The van der Waals surface area contributed by atoms with Gasteiger partial charge in [0.25, 0.3) is 5.19 Å². The van der Waals surface area contributed by atoms with Crippen LogP contribution in [0.4, 0.5) is 13.2 Å². The molecular weight excluding hydrogens is 535 g/mol. The first-order valence-corrected chi connectivity index (χ1v) is 14.0. The van der Waals surface area contributed by atoms with Crippen LogP contribution in [0.25, 0.3) is 6.08 Å². The van der Waals surface area contributed by atoms with E-state index < -0.39 is 65.5 Å². The molecule has 7 atom stereocenters. The second kappa shape index (κ2) is 12.1.